The second-order valence-electron chi connectivity index (χ2n) is 6.37. The molecular weight excluding hydrogens is 350 g/mol. The van der Waals surface area contributed by atoms with Crippen molar-refractivity contribution in [2.75, 3.05) is 12.9 Å². The van der Waals surface area contributed by atoms with Crippen LogP contribution in [0.4, 0.5) is 0 Å². The molecule has 0 amide bonds. The van der Waals surface area contributed by atoms with E-state index in [1.165, 1.54) is 7.11 Å². The summed E-state index contributed by atoms with van der Waals surface area (Å²) in [7, 11) is -1.78. The molecule has 1 aliphatic carbocycles. The lowest BCUT2D eigenvalue weighted by molar-refractivity contribution is 0.413. The third-order valence-electron chi connectivity index (χ3n) is 4.55. The van der Waals surface area contributed by atoms with Crippen molar-refractivity contribution in [3.05, 3.63) is 47.8 Å². The van der Waals surface area contributed by atoms with Crippen LogP contribution in [0.2, 0.25) is 0 Å². The van der Waals surface area contributed by atoms with Gasteiger partial charge in [-0.25, -0.2) is 13.1 Å². The van der Waals surface area contributed by atoms with Crippen LogP contribution in [0.25, 0.3) is 11.1 Å². The molecule has 136 valence electrons. The highest BCUT2D eigenvalue weighted by Gasteiger charge is 2.35. The standard InChI is InChI=1S/C19H21N3O3S/c1-3-26(23,24)22-19(13-4-5-13)17-8-16(11-21-12-17)14-6-7-15(10-20)18(9-14)25-2/h6-9,11-13,19,22H,3-5H2,1-2H3. The fourth-order valence-electron chi connectivity index (χ4n) is 2.89. The number of sulfonamides is 1. The smallest absolute Gasteiger partial charge is 0.211 e. The van der Waals surface area contributed by atoms with Crippen molar-refractivity contribution < 1.29 is 13.2 Å². The minimum atomic E-state index is -3.30. The van der Waals surface area contributed by atoms with E-state index in [9.17, 15) is 8.42 Å². The Hall–Kier alpha value is -2.43. The number of pyridine rings is 1. The van der Waals surface area contributed by atoms with Gasteiger partial charge in [-0.3, -0.25) is 4.98 Å². The van der Waals surface area contributed by atoms with Crippen molar-refractivity contribution in [2.45, 2.75) is 25.8 Å². The highest BCUT2D eigenvalue weighted by atomic mass is 32.2. The molecule has 1 aromatic heterocycles. The topological polar surface area (TPSA) is 92.1 Å². The summed E-state index contributed by atoms with van der Waals surface area (Å²) in [5, 5.41) is 9.12. The second-order valence-corrected chi connectivity index (χ2v) is 8.41. The van der Waals surface area contributed by atoms with Gasteiger partial charge in [0, 0.05) is 18.0 Å². The van der Waals surface area contributed by atoms with Gasteiger partial charge in [0.2, 0.25) is 10.0 Å². The van der Waals surface area contributed by atoms with Crippen LogP contribution in [-0.4, -0.2) is 26.3 Å². The molecule has 0 saturated heterocycles. The average Bonchev–Trinajstić information content (AvgIpc) is 3.50. The number of ether oxygens (including phenoxy) is 1. The van der Waals surface area contributed by atoms with Crippen LogP contribution in [0.3, 0.4) is 0 Å². The van der Waals surface area contributed by atoms with Crippen molar-refractivity contribution in [1.29, 1.82) is 5.26 Å². The number of nitrogens with one attached hydrogen (secondary N) is 1. The van der Waals surface area contributed by atoms with Gasteiger partial charge in [0.15, 0.2) is 0 Å². The molecule has 0 spiro atoms. The number of nitriles is 1. The first-order chi connectivity index (χ1) is 12.5. The predicted octanol–water partition coefficient (Wildman–Crippen LogP) is 3.02. The Morgan fingerprint density at radius 1 is 1.31 bits per heavy atom. The van der Waals surface area contributed by atoms with Gasteiger partial charge in [-0.05, 0) is 55.0 Å². The van der Waals surface area contributed by atoms with Crippen LogP contribution < -0.4 is 9.46 Å². The van der Waals surface area contributed by atoms with E-state index in [2.05, 4.69) is 15.8 Å². The maximum atomic E-state index is 12.0. The molecule has 6 nitrogen and oxygen atoms in total. The zero-order valence-electron chi connectivity index (χ0n) is 14.8. The lowest BCUT2D eigenvalue weighted by Gasteiger charge is -2.19. The number of aromatic nitrogens is 1. The molecule has 1 aliphatic rings. The van der Waals surface area contributed by atoms with Crippen molar-refractivity contribution in [3.63, 3.8) is 0 Å². The highest BCUT2D eigenvalue weighted by Crippen LogP contribution is 2.42. The normalized spacial score (nSPS) is 15.3. The minimum absolute atomic E-state index is 0.0517. The number of nitrogens with zero attached hydrogens (tertiary/aromatic N) is 2. The third kappa shape index (κ3) is 4.03. The Morgan fingerprint density at radius 2 is 2.08 bits per heavy atom. The molecule has 1 unspecified atom stereocenters. The van der Waals surface area contributed by atoms with Crippen LogP contribution in [0, 0.1) is 17.2 Å². The summed E-state index contributed by atoms with van der Waals surface area (Å²) in [5.74, 6) is 0.862. The molecule has 3 rings (SSSR count). The van der Waals surface area contributed by atoms with E-state index in [0.29, 0.717) is 17.2 Å². The molecule has 7 heteroatoms. The van der Waals surface area contributed by atoms with Crippen molar-refractivity contribution in [1.82, 2.24) is 9.71 Å². The summed E-state index contributed by atoms with van der Waals surface area (Å²) >= 11 is 0. The van der Waals surface area contributed by atoms with Crippen molar-refractivity contribution >= 4 is 10.0 Å². The molecule has 1 atom stereocenters. The monoisotopic (exact) mass is 371 g/mol. The number of hydrogen-bond acceptors (Lipinski definition) is 5. The fraction of sp³-hybridized carbons (Fsp3) is 0.368. The predicted molar refractivity (Wildman–Crippen MR) is 99.0 cm³/mol. The molecule has 1 N–H and O–H groups in total. The largest absolute Gasteiger partial charge is 0.495 e. The number of benzene rings is 1. The molecule has 1 fully saturated rings. The number of methoxy groups -OCH3 is 1. The van der Waals surface area contributed by atoms with Gasteiger partial charge in [-0.15, -0.1) is 0 Å². The average molecular weight is 371 g/mol. The number of hydrogen-bond donors (Lipinski definition) is 1. The van der Waals surface area contributed by atoms with Crippen LogP contribution in [-0.2, 0) is 10.0 Å². The lowest BCUT2D eigenvalue weighted by atomic mass is 9.99. The minimum Gasteiger partial charge on any atom is -0.495 e. The van der Waals surface area contributed by atoms with Crippen LogP contribution >= 0.6 is 0 Å². The maximum absolute atomic E-state index is 12.0. The molecule has 0 aliphatic heterocycles. The van der Waals surface area contributed by atoms with Gasteiger partial charge < -0.3 is 4.74 Å². The summed E-state index contributed by atoms with van der Waals surface area (Å²) in [4.78, 5) is 4.31. The number of rotatable bonds is 7. The lowest BCUT2D eigenvalue weighted by Crippen LogP contribution is -2.31. The molecule has 1 heterocycles. The van der Waals surface area contributed by atoms with Crippen molar-refractivity contribution in [2.24, 2.45) is 5.92 Å². The Morgan fingerprint density at radius 3 is 2.69 bits per heavy atom. The quantitative estimate of drug-likeness (QED) is 0.808. The van der Waals surface area contributed by atoms with Gasteiger partial charge in [0.05, 0.1) is 24.5 Å². The summed E-state index contributed by atoms with van der Waals surface area (Å²) in [6.07, 6.45) is 5.45. The maximum Gasteiger partial charge on any atom is 0.211 e. The van der Waals surface area contributed by atoms with Gasteiger partial charge in [-0.2, -0.15) is 5.26 Å². The van der Waals surface area contributed by atoms with Crippen LogP contribution in [0.5, 0.6) is 5.75 Å². The highest BCUT2D eigenvalue weighted by molar-refractivity contribution is 7.89. The summed E-state index contributed by atoms with van der Waals surface area (Å²) < 4.78 is 32.2. The van der Waals surface area contributed by atoms with E-state index < -0.39 is 10.0 Å². The summed E-state index contributed by atoms with van der Waals surface area (Å²) in [5.41, 5.74) is 3.03. The molecule has 0 bridgehead atoms. The van der Waals surface area contributed by atoms with Gasteiger partial charge in [0.25, 0.3) is 0 Å². The SMILES string of the molecule is CCS(=O)(=O)NC(c1cncc(-c2ccc(C#N)c(OC)c2)c1)C1CC1. The molecule has 26 heavy (non-hydrogen) atoms. The van der Waals surface area contributed by atoms with Crippen LogP contribution in [0.15, 0.2) is 36.7 Å². The van der Waals surface area contributed by atoms with Gasteiger partial charge in [0.1, 0.15) is 11.8 Å². The van der Waals surface area contributed by atoms with Gasteiger partial charge >= 0.3 is 0 Å². The zero-order valence-corrected chi connectivity index (χ0v) is 15.6. The zero-order chi connectivity index (χ0) is 18.7. The molecule has 1 saturated carbocycles. The van der Waals surface area contributed by atoms with E-state index in [1.807, 2.05) is 12.1 Å². The van der Waals surface area contributed by atoms with E-state index in [0.717, 1.165) is 29.5 Å². The van der Waals surface area contributed by atoms with E-state index in [1.54, 1.807) is 31.5 Å². The summed E-state index contributed by atoms with van der Waals surface area (Å²) in [6.45, 7) is 1.63. The fourth-order valence-corrected chi connectivity index (χ4v) is 3.77. The first kappa shape index (κ1) is 18.4. The Labute approximate surface area is 153 Å². The molecule has 0 radical (unpaired) electrons. The van der Waals surface area contributed by atoms with Crippen molar-refractivity contribution in [3.8, 4) is 22.9 Å². The first-order valence-electron chi connectivity index (χ1n) is 8.51. The Balaban J connectivity index is 1.96. The van der Waals surface area contributed by atoms with E-state index >= 15 is 0 Å². The second kappa shape index (κ2) is 7.44. The van der Waals surface area contributed by atoms with E-state index in [-0.39, 0.29) is 11.8 Å². The molecular formula is C19H21N3O3S. The molecule has 2 aromatic rings. The third-order valence-corrected chi connectivity index (χ3v) is 5.93. The van der Waals surface area contributed by atoms with Gasteiger partial charge in [-0.1, -0.05) is 6.07 Å². The first-order valence-corrected chi connectivity index (χ1v) is 10.2. The summed E-state index contributed by atoms with van der Waals surface area (Å²) in [6, 6.07) is 9.13. The Bertz CT molecular complexity index is 947. The van der Waals surface area contributed by atoms with E-state index in [4.69, 9.17) is 10.00 Å². The molecule has 1 aromatic carbocycles. The Kier molecular flexibility index (Phi) is 5.25. The van der Waals surface area contributed by atoms with Crippen LogP contribution in [0.1, 0.15) is 36.9 Å².